The molecule has 2 N–H and O–H groups in total. The van der Waals surface area contributed by atoms with Crippen molar-refractivity contribution in [2.24, 2.45) is 5.73 Å². The molecule has 0 aromatic heterocycles. The zero-order valence-corrected chi connectivity index (χ0v) is 12.9. The van der Waals surface area contributed by atoms with Gasteiger partial charge in [0.15, 0.2) is 6.10 Å². The molecule has 1 aliphatic heterocycles. The van der Waals surface area contributed by atoms with Crippen LogP contribution in [0, 0.1) is 5.82 Å². The maximum absolute atomic E-state index is 13.1. The lowest BCUT2D eigenvalue weighted by molar-refractivity contribution is -0.124. The Hall–Kier alpha value is -2.89. The van der Waals surface area contributed by atoms with Crippen molar-refractivity contribution in [2.75, 3.05) is 11.4 Å². The Bertz CT molecular complexity index is 736. The van der Waals surface area contributed by atoms with Crippen LogP contribution in [-0.2, 0) is 16.0 Å². The maximum Gasteiger partial charge on any atom is 0.268 e. The summed E-state index contributed by atoms with van der Waals surface area (Å²) in [6.07, 6.45) is -0.188. The van der Waals surface area contributed by atoms with Gasteiger partial charge in [-0.2, -0.15) is 0 Å². The highest BCUT2D eigenvalue weighted by Crippen LogP contribution is 2.30. The summed E-state index contributed by atoms with van der Waals surface area (Å²) in [4.78, 5) is 25.4. The second-order valence-corrected chi connectivity index (χ2v) is 5.60. The number of para-hydroxylation sites is 1. The molecule has 0 spiro atoms. The Kier molecular flexibility index (Phi) is 4.46. The summed E-state index contributed by atoms with van der Waals surface area (Å²) in [7, 11) is 0. The summed E-state index contributed by atoms with van der Waals surface area (Å²) in [6.45, 7) is 0.121. The number of hydrogen-bond acceptors (Lipinski definition) is 3. The number of hydrogen-bond donors (Lipinski definition) is 1. The van der Waals surface area contributed by atoms with Crippen molar-refractivity contribution in [1.29, 1.82) is 0 Å². The highest BCUT2D eigenvalue weighted by atomic mass is 19.1. The Labute approximate surface area is 138 Å². The molecule has 24 heavy (non-hydrogen) atoms. The fourth-order valence-corrected chi connectivity index (χ4v) is 2.70. The lowest BCUT2D eigenvalue weighted by atomic mass is 10.1. The summed E-state index contributed by atoms with van der Waals surface area (Å²) in [5.74, 6) is -0.500. The fraction of sp³-hybridized carbons (Fsp3) is 0.222. The Morgan fingerprint density at radius 3 is 2.54 bits per heavy atom. The number of primary amides is 1. The Morgan fingerprint density at radius 1 is 1.17 bits per heavy atom. The SMILES string of the molecule is NC(=O)CCN(C(=O)C1Cc2ccccc2O1)c1ccc(F)cc1. The molecule has 2 aromatic rings. The lowest BCUT2D eigenvalue weighted by Gasteiger charge is -2.25. The summed E-state index contributed by atoms with van der Waals surface area (Å²) in [6, 6.07) is 13.0. The van der Waals surface area contributed by atoms with E-state index < -0.39 is 17.8 Å². The zero-order valence-electron chi connectivity index (χ0n) is 12.9. The highest BCUT2D eigenvalue weighted by Gasteiger charge is 2.33. The normalized spacial score (nSPS) is 15.5. The van der Waals surface area contributed by atoms with Gasteiger partial charge in [-0.25, -0.2) is 4.39 Å². The predicted molar refractivity (Wildman–Crippen MR) is 87.1 cm³/mol. The molecule has 0 aliphatic carbocycles. The third-order valence-corrected chi connectivity index (χ3v) is 3.91. The number of anilines is 1. The largest absolute Gasteiger partial charge is 0.480 e. The van der Waals surface area contributed by atoms with E-state index in [0.717, 1.165) is 5.56 Å². The van der Waals surface area contributed by atoms with Crippen LogP contribution in [0.4, 0.5) is 10.1 Å². The minimum Gasteiger partial charge on any atom is -0.480 e. The van der Waals surface area contributed by atoms with E-state index >= 15 is 0 Å². The number of fused-ring (bicyclic) bond motifs is 1. The predicted octanol–water partition coefficient (Wildman–Crippen LogP) is 2.04. The van der Waals surface area contributed by atoms with Gasteiger partial charge in [-0.05, 0) is 35.9 Å². The van der Waals surface area contributed by atoms with Crippen LogP contribution in [-0.4, -0.2) is 24.5 Å². The Morgan fingerprint density at radius 2 is 1.88 bits per heavy atom. The third kappa shape index (κ3) is 3.37. The molecule has 5 nitrogen and oxygen atoms in total. The van der Waals surface area contributed by atoms with Gasteiger partial charge in [-0.3, -0.25) is 9.59 Å². The number of benzene rings is 2. The molecule has 6 heteroatoms. The van der Waals surface area contributed by atoms with Crippen molar-refractivity contribution in [2.45, 2.75) is 18.9 Å². The molecular weight excluding hydrogens is 311 g/mol. The number of nitrogens with zero attached hydrogens (tertiary/aromatic N) is 1. The van der Waals surface area contributed by atoms with Crippen molar-refractivity contribution < 1.29 is 18.7 Å². The number of carbonyl (C=O) groups excluding carboxylic acids is 2. The van der Waals surface area contributed by atoms with Gasteiger partial charge in [0.2, 0.25) is 5.91 Å². The van der Waals surface area contributed by atoms with Crippen molar-refractivity contribution in [3.05, 3.63) is 59.9 Å². The number of carbonyl (C=O) groups is 2. The zero-order chi connectivity index (χ0) is 17.1. The van der Waals surface area contributed by atoms with Crippen LogP contribution in [0.15, 0.2) is 48.5 Å². The minimum atomic E-state index is -0.666. The smallest absolute Gasteiger partial charge is 0.268 e. The quantitative estimate of drug-likeness (QED) is 0.913. The molecule has 1 unspecified atom stereocenters. The van der Waals surface area contributed by atoms with Crippen molar-refractivity contribution >= 4 is 17.5 Å². The second kappa shape index (κ2) is 6.70. The number of halogens is 1. The van der Waals surface area contributed by atoms with E-state index in [1.807, 2.05) is 24.3 Å². The first kappa shape index (κ1) is 16.0. The second-order valence-electron chi connectivity index (χ2n) is 5.60. The first-order valence-corrected chi connectivity index (χ1v) is 7.64. The summed E-state index contributed by atoms with van der Waals surface area (Å²) >= 11 is 0. The van der Waals surface area contributed by atoms with E-state index in [4.69, 9.17) is 10.5 Å². The molecule has 0 bridgehead atoms. The summed E-state index contributed by atoms with van der Waals surface area (Å²) in [5, 5.41) is 0. The summed E-state index contributed by atoms with van der Waals surface area (Å²) in [5.41, 5.74) is 6.66. The Balaban J connectivity index is 1.81. The van der Waals surface area contributed by atoms with Crippen LogP contribution < -0.4 is 15.4 Å². The molecule has 2 aromatic carbocycles. The van der Waals surface area contributed by atoms with Gasteiger partial charge in [0, 0.05) is 25.1 Å². The lowest BCUT2D eigenvalue weighted by Crippen LogP contribution is -2.43. The van der Waals surface area contributed by atoms with Crippen molar-refractivity contribution in [3.8, 4) is 5.75 Å². The monoisotopic (exact) mass is 328 g/mol. The molecular formula is C18H17FN2O3. The molecule has 0 radical (unpaired) electrons. The van der Waals surface area contributed by atoms with Gasteiger partial charge in [0.25, 0.3) is 5.91 Å². The van der Waals surface area contributed by atoms with Gasteiger partial charge >= 0.3 is 0 Å². The van der Waals surface area contributed by atoms with Crippen LogP contribution in [0.5, 0.6) is 5.75 Å². The van der Waals surface area contributed by atoms with E-state index in [-0.39, 0.29) is 18.9 Å². The molecule has 0 saturated heterocycles. The topological polar surface area (TPSA) is 72.6 Å². The van der Waals surface area contributed by atoms with Crippen LogP contribution in [0.3, 0.4) is 0 Å². The molecule has 0 saturated carbocycles. The van der Waals surface area contributed by atoms with Crippen LogP contribution in [0.1, 0.15) is 12.0 Å². The summed E-state index contributed by atoms with van der Waals surface area (Å²) < 4.78 is 18.9. The fourth-order valence-electron chi connectivity index (χ4n) is 2.70. The van der Waals surface area contributed by atoms with E-state index in [1.54, 1.807) is 0 Å². The van der Waals surface area contributed by atoms with Crippen molar-refractivity contribution in [1.82, 2.24) is 0 Å². The molecule has 124 valence electrons. The standard InChI is InChI=1S/C18H17FN2O3/c19-13-5-7-14(8-6-13)21(10-9-17(20)22)18(23)16-11-12-3-1-2-4-15(12)24-16/h1-8,16H,9-11H2,(H2,20,22). The molecule has 3 rings (SSSR count). The van der Waals surface area contributed by atoms with Crippen LogP contribution >= 0.6 is 0 Å². The van der Waals surface area contributed by atoms with E-state index in [9.17, 15) is 14.0 Å². The number of nitrogens with two attached hydrogens (primary N) is 1. The van der Waals surface area contributed by atoms with Gasteiger partial charge < -0.3 is 15.4 Å². The van der Waals surface area contributed by atoms with E-state index in [2.05, 4.69) is 0 Å². The third-order valence-electron chi connectivity index (χ3n) is 3.91. The van der Waals surface area contributed by atoms with Crippen LogP contribution in [0.2, 0.25) is 0 Å². The number of ether oxygens (including phenoxy) is 1. The molecule has 0 fully saturated rings. The minimum absolute atomic E-state index is 0.0167. The molecule has 2 amide bonds. The molecule has 1 atom stereocenters. The maximum atomic E-state index is 13.1. The first-order chi connectivity index (χ1) is 11.5. The molecule has 1 aliphatic rings. The van der Waals surface area contributed by atoms with Gasteiger partial charge in [-0.1, -0.05) is 18.2 Å². The van der Waals surface area contributed by atoms with E-state index in [1.165, 1.54) is 29.2 Å². The number of rotatable bonds is 5. The van der Waals surface area contributed by atoms with Gasteiger partial charge in [0.05, 0.1) is 0 Å². The van der Waals surface area contributed by atoms with Gasteiger partial charge in [-0.15, -0.1) is 0 Å². The van der Waals surface area contributed by atoms with Gasteiger partial charge in [0.1, 0.15) is 11.6 Å². The number of amides is 2. The first-order valence-electron chi connectivity index (χ1n) is 7.64. The average Bonchev–Trinajstić information content (AvgIpc) is 3.00. The van der Waals surface area contributed by atoms with E-state index in [0.29, 0.717) is 17.9 Å². The highest BCUT2D eigenvalue weighted by molar-refractivity contribution is 5.98. The molecule has 1 heterocycles. The van der Waals surface area contributed by atoms with Crippen LogP contribution in [0.25, 0.3) is 0 Å². The van der Waals surface area contributed by atoms with Crippen molar-refractivity contribution in [3.63, 3.8) is 0 Å². The average molecular weight is 328 g/mol.